The van der Waals surface area contributed by atoms with E-state index in [0.717, 1.165) is 51.9 Å². The number of aromatic nitrogens is 2. The number of rotatable bonds is 6. The molecule has 1 aliphatic carbocycles. The zero-order valence-electron chi connectivity index (χ0n) is 17.4. The Morgan fingerprint density at radius 1 is 1.16 bits per heavy atom. The van der Waals surface area contributed by atoms with Crippen molar-refractivity contribution in [2.24, 2.45) is 7.05 Å². The van der Waals surface area contributed by atoms with Crippen molar-refractivity contribution in [3.8, 4) is 16.9 Å². The highest BCUT2D eigenvalue weighted by Gasteiger charge is 2.26. The number of hydrogen-bond acceptors (Lipinski definition) is 4. The predicted octanol–water partition coefficient (Wildman–Crippen LogP) is 5.57. The normalized spacial score (nSPS) is 13.4. The summed E-state index contributed by atoms with van der Waals surface area (Å²) in [4.78, 5) is 16.4. The number of carboxylic acids is 1. The first kappa shape index (κ1) is 19.2. The first-order chi connectivity index (χ1) is 15.0. The topological polar surface area (TPSA) is 76.4 Å². The number of aromatic carboxylic acids is 1. The number of methoxy groups -OCH3 is 1. The Morgan fingerprint density at radius 2 is 1.97 bits per heavy atom. The molecule has 1 aliphatic rings. The molecular weight excluding hydrogens is 390 g/mol. The fraction of sp³-hybridized carbons (Fsp3) is 0.200. The van der Waals surface area contributed by atoms with Gasteiger partial charge in [0.2, 0.25) is 0 Å². The first-order valence-corrected chi connectivity index (χ1v) is 10.3. The van der Waals surface area contributed by atoms with Crippen LogP contribution >= 0.6 is 0 Å². The molecule has 1 saturated carbocycles. The van der Waals surface area contributed by atoms with Gasteiger partial charge >= 0.3 is 5.97 Å². The second-order valence-electron chi connectivity index (χ2n) is 7.96. The van der Waals surface area contributed by atoms with Crippen LogP contribution in [0.15, 0.2) is 60.9 Å². The molecule has 156 valence electrons. The number of nitrogens with zero attached hydrogens (tertiary/aromatic N) is 2. The van der Waals surface area contributed by atoms with Crippen molar-refractivity contribution in [3.05, 3.63) is 72.1 Å². The Balaban J connectivity index is 1.63. The molecule has 2 heterocycles. The SMILES string of the molecule is COc1ccccc1-c1cc(Nc2ncc(C3CC3)cc2C(=O)O)cc2ccn(C)c12. The maximum Gasteiger partial charge on any atom is 0.339 e. The van der Waals surface area contributed by atoms with Gasteiger partial charge in [-0.2, -0.15) is 0 Å². The van der Waals surface area contributed by atoms with Crippen LogP contribution < -0.4 is 10.1 Å². The van der Waals surface area contributed by atoms with Crippen molar-refractivity contribution in [3.63, 3.8) is 0 Å². The minimum Gasteiger partial charge on any atom is -0.496 e. The third-order valence-corrected chi connectivity index (χ3v) is 5.82. The van der Waals surface area contributed by atoms with E-state index in [0.29, 0.717) is 11.7 Å². The Bertz CT molecular complexity index is 1300. The summed E-state index contributed by atoms with van der Waals surface area (Å²) in [7, 11) is 3.67. The van der Waals surface area contributed by atoms with Crippen molar-refractivity contribution in [1.29, 1.82) is 0 Å². The quantitative estimate of drug-likeness (QED) is 0.432. The molecule has 0 bridgehead atoms. The third-order valence-electron chi connectivity index (χ3n) is 5.82. The Labute approximate surface area is 180 Å². The zero-order valence-corrected chi connectivity index (χ0v) is 17.4. The lowest BCUT2D eigenvalue weighted by atomic mass is 10.0. The van der Waals surface area contributed by atoms with Gasteiger partial charge in [0.05, 0.1) is 12.6 Å². The minimum absolute atomic E-state index is 0.191. The van der Waals surface area contributed by atoms with E-state index in [9.17, 15) is 9.90 Å². The molecule has 0 saturated heterocycles. The number of carboxylic acid groups (broad SMARTS) is 1. The molecule has 1 fully saturated rings. The number of nitrogens with one attached hydrogen (secondary N) is 1. The highest BCUT2D eigenvalue weighted by molar-refractivity contribution is 6.00. The van der Waals surface area contributed by atoms with Gasteiger partial charge in [0, 0.05) is 41.6 Å². The van der Waals surface area contributed by atoms with Crippen molar-refractivity contribution < 1.29 is 14.6 Å². The summed E-state index contributed by atoms with van der Waals surface area (Å²) in [6.07, 6.45) is 5.99. The van der Waals surface area contributed by atoms with Crippen LogP contribution in [-0.4, -0.2) is 27.7 Å². The number of fused-ring (bicyclic) bond motifs is 1. The average Bonchev–Trinajstić information content (AvgIpc) is 3.56. The Hall–Kier alpha value is -3.80. The fourth-order valence-electron chi connectivity index (χ4n) is 4.11. The number of ether oxygens (including phenoxy) is 1. The van der Waals surface area contributed by atoms with Crippen LogP contribution in [0.5, 0.6) is 5.75 Å². The van der Waals surface area contributed by atoms with Gasteiger partial charge in [0.25, 0.3) is 0 Å². The standard InChI is InChI=1S/C25H23N3O3/c1-28-10-9-16-11-18(13-20(23(16)28)19-5-3-4-6-22(19)31-2)27-24-21(25(29)30)12-17(14-26-24)15-7-8-15/h3-6,9-15H,7-8H2,1-2H3,(H,26,27)(H,29,30). The number of carbonyl (C=O) groups is 1. The summed E-state index contributed by atoms with van der Waals surface area (Å²) in [5, 5.41) is 14.0. The second-order valence-corrected chi connectivity index (χ2v) is 7.96. The number of para-hydroxylation sites is 1. The largest absolute Gasteiger partial charge is 0.496 e. The van der Waals surface area contributed by atoms with Gasteiger partial charge in [0.15, 0.2) is 0 Å². The van der Waals surface area contributed by atoms with Gasteiger partial charge in [-0.3, -0.25) is 0 Å². The zero-order chi connectivity index (χ0) is 21.5. The van der Waals surface area contributed by atoms with E-state index in [1.165, 1.54) is 0 Å². The predicted molar refractivity (Wildman–Crippen MR) is 121 cm³/mol. The van der Waals surface area contributed by atoms with E-state index < -0.39 is 5.97 Å². The lowest BCUT2D eigenvalue weighted by Crippen LogP contribution is -2.06. The molecule has 0 radical (unpaired) electrons. The molecule has 0 unspecified atom stereocenters. The molecule has 6 nitrogen and oxygen atoms in total. The van der Waals surface area contributed by atoms with E-state index in [1.807, 2.05) is 55.7 Å². The van der Waals surface area contributed by atoms with Crippen molar-refractivity contribution in [2.45, 2.75) is 18.8 Å². The lowest BCUT2D eigenvalue weighted by molar-refractivity contribution is 0.0697. The van der Waals surface area contributed by atoms with Crippen LogP contribution in [0.1, 0.15) is 34.7 Å². The number of pyridine rings is 1. The van der Waals surface area contributed by atoms with Crippen molar-refractivity contribution >= 4 is 28.4 Å². The molecule has 0 spiro atoms. The summed E-state index contributed by atoms with van der Waals surface area (Å²) < 4.78 is 7.67. The number of benzene rings is 2. The van der Waals surface area contributed by atoms with E-state index in [4.69, 9.17) is 4.74 Å². The summed E-state index contributed by atoms with van der Waals surface area (Å²) in [5.74, 6) is 0.583. The smallest absolute Gasteiger partial charge is 0.339 e. The van der Waals surface area contributed by atoms with Crippen LogP contribution in [0.2, 0.25) is 0 Å². The van der Waals surface area contributed by atoms with Crippen LogP contribution in [0.4, 0.5) is 11.5 Å². The fourth-order valence-corrected chi connectivity index (χ4v) is 4.11. The maximum absolute atomic E-state index is 11.9. The molecule has 6 heteroatoms. The molecule has 2 N–H and O–H groups in total. The molecule has 0 amide bonds. The molecule has 4 aromatic rings. The van der Waals surface area contributed by atoms with Crippen LogP contribution in [0.3, 0.4) is 0 Å². The molecule has 0 aliphatic heterocycles. The number of anilines is 2. The van der Waals surface area contributed by atoms with Crippen LogP contribution in [0.25, 0.3) is 22.0 Å². The molecular formula is C25H23N3O3. The monoisotopic (exact) mass is 413 g/mol. The highest BCUT2D eigenvalue weighted by atomic mass is 16.5. The second kappa shape index (κ2) is 7.47. The van der Waals surface area contributed by atoms with Crippen molar-refractivity contribution in [2.75, 3.05) is 12.4 Å². The number of hydrogen-bond donors (Lipinski definition) is 2. The summed E-state index contributed by atoms with van der Waals surface area (Å²) in [5.41, 5.74) is 5.00. The molecule has 5 rings (SSSR count). The van der Waals surface area contributed by atoms with E-state index in [-0.39, 0.29) is 5.56 Å². The minimum atomic E-state index is -0.983. The van der Waals surface area contributed by atoms with Crippen LogP contribution in [0, 0.1) is 0 Å². The van der Waals surface area contributed by atoms with E-state index >= 15 is 0 Å². The van der Waals surface area contributed by atoms with Gasteiger partial charge < -0.3 is 19.7 Å². The van der Waals surface area contributed by atoms with Gasteiger partial charge in [-0.1, -0.05) is 18.2 Å². The summed E-state index contributed by atoms with van der Waals surface area (Å²) in [6, 6.07) is 15.7. The Morgan fingerprint density at radius 3 is 2.71 bits per heavy atom. The van der Waals surface area contributed by atoms with Gasteiger partial charge in [0.1, 0.15) is 17.1 Å². The van der Waals surface area contributed by atoms with E-state index in [2.05, 4.69) is 14.9 Å². The van der Waals surface area contributed by atoms with Gasteiger partial charge in [-0.15, -0.1) is 0 Å². The number of aryl methyl sites for hydroxylation is 1. The Kier molecular flexibility index (Phi) is 4.62. The summed E-state index contributed by atoms with van der Waals surface area (Å²) in [6.45, 7) is 0. The average molecular weight is 413 g/mol. The summed E-state index contributed by atoms with van der Waals surface area (Å²) >= 11 is 0. The highest BCUT2D eigenvalue weighted by Crippen LogP contribution is 2.41. The molecule has 0 atom stereocenters. The van der Waals surface area contributed by atoms with Gasteiger partial charge in [-0.25, -0.2) is 9.78 Å². The van der Waals surface area contributed by atoms with E-state index in [1.54, 1.807) is 19.4 Å². The maximum atomic E-state index is 11.9. The molecule has 2 aromatic heterocycles. The van der Waals surface area contributed by atoms with Crippen molar-refractivity contribution in [1.82, 2.24) is 9.55 Å². The van der Waals surface area contributed by atoms with Gasteiger partial charge in [-0.05, 0) is 54.7 Å². The molecule has 2 aromatic carbocycles. The first-order valence-electron chi connectivity index (χ1n) is 10.3. The molecule has 31 heavy (non-hydrogen) atoms. The lowest BCUT2D eigenvalue weighted by Gasteiger charge is -2.15. The van der Waals surface area contributed by atoms with Crippen LogP contribution in [-0.2, 0) is 7.05 Å². The third kappa shape index (κ3) is 3.50.